The van der Waals surface area contributed by atoms with Gasteiger partial charge in [-0.3, -0.25) is 0 Å². The zero-order valence-electron chi connectivity index (χ0n) is 8.04. The maximum Gasteiger partial charge on any atom is 0.0832 e. The van der Waals surface area contributed by atoms with Crippen LogP contribution in [0.4, 0.5) is 0 Å². The molecule has 1 N–H and O–H groups in total. The quantitative estimate of drug-likeness (QED) is 0.559. The topological polar surface area (TPSA) is 20.2 Å². The van der Waals surface area contributed by atoms with Gasteiger partial charge in [0.15, 0.2) is 0 Å². The summed E-state index contributed by atoms with van der Waals surface area (Å²) in [5.41, 5.74) is 1.88. The molecule has 1 nitrogen and oxygen atoms in total. The van der Waals surface area contributed by atoms with Gasteiger partial charge in [-0.25, -0.2) is 0 Å². The second-order valence-corrected chi connectivity index (χ2v) is 4.18. The van der Waals surface area contributed by atoms with E-state index in [9.17, 15) is 0 Å². The molecule has 0 radical (unpaired) electrons. The summed E-state index contributed by atoms with van der Waals surface area (Å²) in [6, 6.07) is 0. The Morgan fingerprint density at radius 2 is 1.92 bits per heavy atom. The van der Waals surface area contributed by atoms with Crippen LogP contribution >= 0.6 is 0 Å². The van der Waals surface area contributed by atoms with Gasteiger partial charge in [0.1, 0.15) is 0 Å². The summed E-state index contributed by atoms with van der Waals surface area (Å²) < 4.78 is 0. The van der Waals surface area contributed by atoms with Gasteiger partial charge in [-0.15, -0.1) is 0 Å². The molecule has 2 atom stereocenters. The van der Waals surface area contributed by atoms with Gasteiger partial charge in [0, 0.05) is 10.8 Å². The maximum atomic E-state index is 9.13. The van der Waals surface area contributed by atoms with Gasteiger partial charge >= 0.3 is 0 Å². The number of rotatable bonds is 0. The van der Waals surface area contributed by atoms with Gasteiger partial charge in [-0.05, 0) is 11.1 Å². The van der Waals surface area contributed by atoms with E-state index in [0.29, 0.717) is 0 Å². The molecule has 0 amide bonds. The van der Waals surface area contributed by atoms with Gasteiger partial charge in [0.25, 0.3) is 0 Å². The fourth-order valence-corrected chi connectivity index (χ4v) is 2.27. The lowest BCUT2D eigenvalue weighted by Crippen LogP contribution is -2.29. The highest BCUT2D eigenvalue weighted by Gasteiger charge is 2.51. The molecule has 0 aromatic rings. The maximum absolute atomic E-state index is 9.13. The zero-order valence-corrected chi connectivity index (χ0v) is 8.04. The Balaban J connectivity index is 2.62. The summed E-state index contributed by atoms with van der Waals surface area (Å²) >= 11 is 0. The van der Waals surface area contributed by atoms with E-state index in [4.69, 9.17) is 5.11 Å². The Hall–Kier alpha value is -1.24. The second-order valence-electron chi connectivity index (χ2n) is 4.18. The fraction of sp³-hybridized carbons (Fsp3) is 0.333. The van der Waals surface area contributed by atoms with Crippen LogP contribution in [0, 0.1) is 10.8 Å². The zero-order chi connectivity index (χ0) is 9.69. The normalized spacial score (nSPS) is 44.8. The molecular weight excluding hydrogens is 160 g/mol. The number of allylic oxidation sites excluding steroid dienone is 6. The first-order chi connectivity index (χ1) is 6.04. The van der Waals surface area contributed by atoms with Crippen LogP contribution in [-0.4, -0.2) is 5.11 Å². The second kappa shape index (κ2) is 2.16. The Bertz CT molecular complexity index is 359. The van der Waals surface area contributed by atoms with E-state index in [0.717, 1.165) is 11.1 Å². The predicted octanol–water partition coefficient (Wildman–Crippen LogP) is 3.14. The minimum atomic E-state index is -0.137. The van der Waals surface area contributed by atoms with Crippen molar-refractivity contribution in [1.29, 1.82) is 0 Å². The first-order valence-electron chi connectivity index (χ1n) is 4.47. The van der Waals surface area contributed by atoms with E-state index in [1.54, 1.807) is 0 Å². The minimum absolute atomic E-state index is 0.00134. The van der Waals surface area contributed by atoms with Gasteiger partial charge in [-0.1, -0.05) is 44.7 Å². The summed E-state index contributed by atoms with van der Waals surface area (Å²) in [5, 5.41) is 9.13. The lowest BCUT2D eigenvalue weighted by Gasteiger charge is -2.35. The van der Waals surface area contributed by atoms with Gasteiger partial charge in [0.2, 0.25) is 0 Å². The molecule has 2 unspecified atom stereocenters. The SMILES string of the molecule is C=C1C=CC2(C)C=C/C(=C/O)C12C. The highest BCUT2D eigenvalue weighted by atomic mass is 16.2. The third-order valence-electron chi connectivity index (χ3n) is 3.68. The first kappa shape index (κ1) is 8.36. The Labute approximate surface area is 78.8 Å². The molecule has 0 bridgehead atoms. The van der Waals surface area contributed by atoms with Crippen LogP contribution < -0.4 is 0 Å². The number of fused-ring (bicyclic) bond motifs is 1. The summed E-state index contributed by atoms with van der Waals surface area (Å²) in [6.45, 7) is 8.32. The van der Waals surface area contributed by atoms with Crippen molar-refractivity contribution in [3.05, 3.63) is 48.3 Å². The van der Waals surface area contributed by atoms with Crippen LogP contribution in [0.25, 0.3) is 0 Å². The van der Waals surface area contributed by atoms with Crippen LogP contribution in [0.15, 0.2) is 48.3 Å². The molecule has 0 saturated carbocycles. The van der Waals surface area contributed by atoms with Gasteiger partial charge in [-0.2, -0.15) is 0 Å². The smallest absolute Gasteiger partial charge is 0.0832 e. The molecule has 2 aliphatic carbocycles. The molecule has 2 aliphatic rings. The van der Waals surface area contributed by atoms with Crippen molar-refractivity contribution in [3.63, 3.8) is 0 Å². The molecule has 0 aromatic heterocycles. The summed E-state index contributed by atoms with van der Waals surface area (Å²) in [6.07, 6.45) is 9.51. The minimum Gasteiger partial charge on any atom is -0.515 e. The summed E-state index contributed by atoms with van der Waals surface area (Å²) in [7, 11) is 0. The third kappa shape index (κ3) is 0.724. The molecule has 0 aromatic carbocycles. The monoisotopic (exact) mass is 174 g/mol. The Morgan fingerprint density at radius 1 is 1.31 bits per heavy atom. The Morgan fingerprint density at radius 3 is 2.54 bits per heavy atom. The number of hydrogen-bond acceptors (Lipinski definition) is 1. The molecular formula is C12H14O. The van der Waals surface area contributed by atoms with Crippen molar-refractivity contribution in [3.8, 4) is 0 Å². The van der Waals surface area contributed by atoms with Crippen LogP contribution in [0.2, 0.25) is 0 Å². The lowest BCUT2D eigenvalue weighted by atomic mass is 9.66. The molecule has 0 spiro atoms. The average Bonchev–Trinajstić information content (AvgIpc) is 2.48. The standard InChI is InChI=1S/C12H14O/c1-9-4-6-11(2)7-5-10(8-13)12(9,11)3/h4-8,13H,1H2,2-3H3/b10-8-. The lowest BCUT2D eigenvalue weighted by molar-refractivity contribution is 0.315. The first-order valence-corrected chi connectivity index (χ1v) is 4.47. The molecule has 2 rings (SSSR count). The van der Waals surface area contributed by atoms with Crippen molar-refractivity contribution in [2.75, 3.05) is 0 Å². The van der Waals surface area contributed by atoms with Crippen molar-refractivity contribution < 1.29 is 5.11 Å². The van der Waals surface area contributed by atoms with Crippen LogP contribution in [-0.2, 0) is 0 Å². The van der Waals surface area contributed by atoms with Crippen molar-refractivity contribution in [2.24, 2.45) is 10.8 Å². The highest BCUT2D eigenvalue weighted by Crippen LogP contribution is 2.59. The van der Waals surface area contributed by atoms with E-state index < -0.39 is 0 Å². The molecule has 68 valence electrons. The van der Waals surface area contributed by atoms with Gasteiger partial charge in [0.05, 0.1) is 6.26 Å². The molecule has 0 saturated heterocycles. The van der Waals surface area contributed by atoms with E-state index in [1.807, 2.05) is 12.2 Å². The molecule has 0 aliphatic heterocycles. The van der Waals surface area contributed by atoms with E-state index in [1.165, 1.54) is 6.26 Å². The fourth-order valence-electron chi connectivity index (χ4n) is 2.27. The highest BCUT2D eigenvalue weighted by molar-refractivity contribution is 5.55. The summed E-state index contributed by atoms with van der Waals surface area (Å²) in [5.74, 6) is 0. The average molecular weight is 174 g/mol. The van der Waals surface area contributed by atoms with Crippen molar-refractivity contribution in [2.45, 2.75) is 13.8 Å². The molecule has 1 heteroatoms. The van der Waals surface area contributed by atoms with Crippen LogP contribution in [0.1, 0.15) is 13.8 Å². The molecule has 0 heterocycles. The van der Waals surface area contributed by atoms with E-state index in [-0.39, 0.29) is 10.8 Å². The van der Waals surface area contributed by atoms with Crippen LogP contribution in [0.5, 0.6) is 0 Å². The molecule has 13 heavy (non-hydrogen) atoms. The van der Waals surface area contributed by atoms with Gasteiger partial charge < -0.3 is 5.11 Å². The van der Waals surface area contributed by atoms with Crippen molar-refractivity contribution >= 4 is 0 Å². The number of aliphatic hydroxyl groups excluding tert-OH is 1. The summed E-state index contributed by atoms with van der Waals surface area (Å²) in [4.78, 5) is 0. The third-order valence-corrected chi connectivity index (χ3v) is 3.68. The number of hydrogen-bond donors (Lipinski definition) is 1. The van der Waals surface area contributed by atoms with Crippen molar-refractivity contribution in [1.82, 2.24) is 0 Å². The van der Waals surface area contributed by atoms with E-state index in [2.05, 4.69) is 32.6 Å². The molecule has 0 fully saturated rings. The largest absolute Gasteiger partial charge is 0.515 e. The predicted molar refractivity (Wildman–Crippen MR) is 54.3 cm³/mol. The van der Waals surface area contributed by atoms with E-state index >= 15 is 0 Å². The Kier molecular flexibility index (Phi) is 1.39. The number of aliphatic hydroxyl groups is 1. The van der Waals surface area contributed by atoms with Crippen LogP contribution in [0.3, 0.4) is 0 Å².